The summed E-state index contributed by atoms with van der Waals surface area (Å²) in [6.45, 7) is 8.27. The normalized spacial score (nSPS) is 10.8. The molecule has 0 saturated heterocycles. The fourth-order valence-electron chi connectivity index (χ4n) is 2.76. The van der Waals surface area contributed by atoms with E-state index in [0.29, 0.717) is 13.1 Å². The Kier molecular flexibility index (Phi) is 10.5. The highest BCUT2D eigenvalue weighted by Crippen LogP contribution is 2.08. The number of benzene rings is 1. The van der Waals surface area contributed by atoms with Crippen molar-refractivity contribution in [1.29, 1.82) is 0 Å². The number of unbranched alkanes of at least 4 members (excludes halogenated alkanes) is 1. The number of hydrogen-bond acceptors (Lipinski definition) is 4. The maximum atomic E-state index is 13.0. The van der Waals surface area contributed by atoms with E-state index in [-0.39, 0.29) is 30.5 Å². The maximum Gasteiger partial charge on any atom is 0.307 e. The van der Waals surface area contributed by atoms with E-state index in [9.17, 15) is 14.0 Å². The van der Waals surface area contributed by atoms with E-state index in [1.807, 2.05) is 0 Å². The molecule has 1 aromatic carbocycles. The van der Waals surface area contributed by atoms with E-state index in [1.165, 1.54) is 19.2 Å². The molecule has 0 aliphatic carbocycles. The second-order valence-corrected chi connectivity index (χ2v) is 6.24. The molecule has 5 nitrogen and oxygen atoms in total. The molecule has 0 heterocycles. The van der Waals surface area contributed by atoms with Crippen LogP contribution in [0.2, 0.25) is 0 Å². The largest absolute Gasteiger partial charge is 0.469 e. The van der Waals surface area contributed by atoms with E-state index < -0.39 is 0 Å². The Labute approximate surface area is 156 Å². The first kappa shape index (κ1) is 22.1. The summed E-state index contributed by atoms with van der Waals surface area (Å²) in [5.41, 5.74) is 0.766. The van der Waals surface area contributed by atoms with Gasteiger partial charge in [-0.2, -0.15) is 0 Å². The van der Waals surface area contributed by atoms with Gasteiger partial charge in [0.05, 0.1) is 20.0 Å². The number of rotatable bonds is 12. The second kappa shape index (κ2) is 12.4. The van der Waals surface area contributed by atoms with Crippen molar-refractivity contribution in [3.8, 4) is 0 Å². The number of amides is 1. The number of carbonyl (C=O) groups excluding carboxylic acids is 2. The first-order chi connectivity index (χ1) is 12.5. The van der Waals surface area contributed by atoms with Crippen molar-refractivity contribution < 1.29 is 18.7 Å². The van der Waals surface area contributed by atoms with E-state index in [0.717, 1.165) is 38.0 Å². The highest BCUT2D eigenvalue weighted by Gasteiger charge is 2.16. The summed E-state index contributed by atoms with van der Waals surface area (Å²) >= 11 is 0. The molecule has 0 atom stereocenters. The minimum Gasteiger partial charge on any atom is -0.469 e. The lowest BCUT2D eigenvalue weighted by molar-refractivity contribution is -0.141. The van der Waals surface area contributed by atoms with Crippen LogP contribution < -0.4 is 0 Å². The Bertz CT molecular complexity index is 544. The van der Waals surface area contributed by atoms with Crippen LogP contribution in [0.5, 0.6) is 0 Å². The molecule has 0 spiro atoms. The minimum atomic E-state index is -0.326. The molecule has 0 aliphatic rings. The molecule has 146 valence electrons. The molecule has 0 bridgehead atoms. The highest BCUT2D eigenvalue weighted by atomic mass is 19.1. The molecule has 0 radical (unpaired) electrons. The lowest BCUT2D eigenvalue weighted by atomic mass is 10.1. The fourth-order valence-corrected chi connectivity index (χ4v) is 2.76. The Morgan fingerprint density at radius 3 is 2.19 bits per heavy atom. The summed E-state index contributed by atoms with van der Waals surface area (Å²) in [4.78, 5) is 28.1. The van der Waals surface area contributed by atoms with E-state index >= 15 is 0 Å². The number of hydrogen-bond donors (Lipinski definition) is 0. The van der Waals surface area contributed by atoms with Crippen LogP contribution in [0.25, 0.3) is 0 Å². The van der Waals surface area contributed by atoms with Gasteiger partial charge in [0.25, 0.3) is 0 Å². The number of ether oxygens (including phenoxy) is 1. The Hall–Kier alpha value is -1.95. The average Bonchev–Trinajstić information content (AvgIpc) is 2.65. The molecular weight excluding hydrogens is 335 g/mol. The van der Waals surface area contributed by atoms with Crippen molar-refractivity contribution in [2.45, 2.75) is 39.5 Å². The van der Waals surface area contributed by atoms with Gasteiger partial charge in [0.15, 0.2) is 0 Å². The molecule has 6 heteroatoms. The lowest BCUT2D eigenvalue weighted by Crippen LogP contribution is -2.35. The molecule has 1 rings (SSSR count). The summed E-state index contributed by atoms with van der Waals surface area (Å²) in [6, 6.07) is 5.94. The third kappa shape index (κ3) is 8.43. The molecule has 1 aromatic rings. The predicted molar refractivity (Wildman–Crippen MR) is 100 cm³/mol. The molecule has 0 N–H and O–H groups in total. The molecule has 0 aliphatic heterocycles. The Morgan fingerprint density at radius 1 is 1.00 bits per heavy atom. The van der Waals surface area contributed by atoms with Crippen molar-refractivity contribution in [2.75, 3.05) is 39.8 Å². The minimum absolute atomic E-state index is 0.0525. The number of carbonyl (C=O) groups is 2. The van der Waals surface area contributed by atoms with E-state index in [2.05, 4.69) is 23.5 Å². The summed E-state index contributed by atoms with van der Waals surface area (Å²) in [7, 11) is 1.34. The van der Waals surface area contributed by atoms with Gasteiger partial charge in [-0.3, -0.25) is 9.59 Å². The standard InChI is InChI=1S/C20H31FN2O3/c1-4-22(5-2)13-6-7-14-23(15-12-20(25)26-3)19(24)16-17-8-10-18(21)11-9-17/h8-11H,4-7,12-16H2,1-3H3. The quantitative estimate of drug-likeness (QED) is 0.422. The van der Waals surface area contributed by atoms with Gasteiger partial charge in [-0.05, 0) is 50.2 Å². The Balaban J connectivity index is 2.57. The summed E-state index contributed by atoms with van der Waals surface area (Å²) in [5, 5.41) is 0. The van der Waals surface area contributed by atoms with Gasteiger partial charge in [-0.25, -0.2) is 4.39 Å². The van der Waals surface area contributed by atoms with Gasteiger partial charge < -0.3 is 14.5 Å². The average molecular weight is 366 g/mol. The molecule has 0 fully saturated rings. The number of nitrogens with zero attached hydrogens (tertiary/aromatic N) is 2. The zero-order valence-corrected chi connectivity index (χ0v) is 16.2. The van der Waals surface area contributed by atoms with Gasteiger partial charge in [-0.15, -0.1) is 0 Å². The number of methoxy groups -OCH3 is 1. The van der Waals surface area contributed by atoms with Gasteiger partial charge in [-0.1, -0.05) is 26.0 Å². The van der Waals surface area contributed by atoms with Crippen LogP contribution in [-0.2, 0) is 20.7 Å². The zero-order valence-electron chi connectivity index (χ0n) is 16.2. The van der Waals surface area contributed by atoms with Crippen molar-refractivity contribution >= 4 is 11.9 Å². The van der Waals surface area contributed by atoms with Crippen molar-refractivity contribution in [2.24, 2.45) is 0 Å². The van der Waals surface area contributed by atoms with Crippen LogP contribution in [0.4, 0.5) is 4.39 Å². The topological polar surface area (TPSA) is 49.9 Å². The first-order valence-electron chi connectivity index (χ1n) is 9.31. The molecule has 26 heavy (non-hydrogen) atoms. The van der Waals surface area contributed by atoms with Crippen LogP contribution in [0.1, 0.15) is 38.7 Å². The Morgan fingerprint density at radius 2 is 1.62 bits per heavy atom. The first-order valence-corrected chi connectivity index (χ1v) is 9.31. The van der Waals surface area contributed by atoms with Gasteiger partial charge in [0.1, 0.15) is 5.82 Å². The van der Waals surface area contributed by atoms with E-state index in [1.54, 1.807) is 17.0 Å². The second-order valence-electron chi connectivity index (χ2n) is 6.24. The summed E-state index contributed by atoms with van der Waals surface area (Å²) in [5.74, 6) is -0.698. The van der Waals surface area contributed by atoms with E-state index in [4.69, 9.17) is 0 Å². The van der Waals surface area contributed by atoms with Crippen LogP contribution in [0.15, 0.2) is 24.3 Å². The number of halogens is 1. The van der Waals surface area contributed by atoms with Crippen molar-refractivity contribution in [3.63, 3.8) is 0 Å². The number of esters is 1. The van der Waals surface area contributed by atoms with Crippen LogP contribution >= 0.6 is 0 Å². The smallest absolute Gasteiger partial charge is 0.307 e. The van der Waals surface area contributed by atoms with Gasteiger partial charge in [0, 0.05) is 13.1 Å². The van der Waals surface area contributed by atoms with Gasteiger partial charge >= 0.3 is 5.97 Å². The third-order valence-corrected chi connectivity index (χ3v) is 4.48. The zero-order chi connectivity index (χ0) is 19.4. The monoisotopic (exact) mass is 366 g/mol. The predicted octanol–water partition coefficient (Wildman–Crippen LogP) is 2.88. The van der Waals surface area contributed by atoms with Gasteiger partial charge in [0.2, 0.25) is 5.91 Å². The molecule has 0 aromatic heterocycles. The fraction of sp³-hybridized carbons (Fsp3) is 0.600. The lowest BCUT2D eigenvalue weighted by Gasteiger charge is -2.23. The molecule has 0 unspecified atom stereocenters. The highest BCUT2D eigenvalue weighted by molar-refractivity contribution is 5.79. The summed E-state index contributed by atoms with van der Waals surface area (Å²) < 4.78 is 17.7. The molecular formula is C20H31FN2O3. The van der Waals surface area contributed by atoms with Crippen LogP contribution in [0.3, 0.4) is 0 Å². The van der Waals surface area contributed by atoms with Crippen molar-refractivity contribution in [1.82, 2.24) is 9.80 Å². The molecule has 0 saturated carbocycles. The van der Waals surface area contributed by atoms with Crippen molar-refractivity contribution in [3.05, 3.63) is 35.6 Å². The maximum absolute atomic E-state index is 13.0. The summed E-state index contributed by atoms with van der Waals surface area (Å²) in [6.07, 6.45) is 2.27. The SMILES string of the molecule is CCN(CC)CCCCN(CCC(=O)OC)C(=O)Cc1ccc(F)cc1. The van der Waals surface area contributed by atoms with Crippen LogP contribution in [0, 0.1) is 5.82 Å². The van der Waals surface area contributed by atoms with Crippen LogP contribution in [-0.4, -0.2) is 61.5 Å². The molecule has 1 amide bonds. The third-order valence-electron chi connectivity index (χ3n) is 4.48.